The molecule has 0 bridgehead atoms. The van der Waals surface area contributed by atoms with E-state index in [0.717, 1.165) is 31.6 Å². The van der Waals surface area contributed by atoms with Crippen LogP contribution in [0.25, 0.3) is 0 Å². The summed E-state index contributed by atoms with van der Waals surface area (Å²) >= 11 is 0. The third-order valence-corrected chi connectivity index (χ3v) is 3.65. The number of halogens is 2. The number of nitrogens with zero attached hydrogens (tertiary/aromatic N) is 1. The minimum Gasteiger partial charge on any atom is -0.314 e. The molecule has 2 nitrogen and oxygen atoms in total. The van der Waals surface area contributed by atoms with Gasteiger partial charge >= 0.3 is 0 Å². The van der Waals surface area contributed by atoms with Crippen molar-refractivity contribution in [1.29, 1.82) is 0 Å². The van der Waals surface area contributed by atoms with Gasteiger partial charge in [-0.25, -0.2) is 8.78 Å². The fourth-order valence-corrected chi connectivity index (χ4v) is 2.52. The van der Waals surface area contributed by atoms with E-state index in [2.05, 4.69) is 24.1 Å². The molecule has 0 aromatic heterocycles. The Labute approximate surface area is 113 Å². The van der Waals surface area contributed by atoms with E-state index in [1.807, 2.05) is 0 Å². The average Bonchev–Trinajstić information content (AvgIpc) is 2.36. The highest BCUT2D eigenvalue weighted by Crippen LogP contribution is 2.14. The molecule has 2 rings (SSSR count). The Kier molecular flexibility index (Phi) is 4.88. The van der Waals surface area contributed by atoms with Crippen LogP contribution in [0, 0.1) is 17.6 Å². The minimum atomic E-state index is -0.775. The predicted molar refractivity (Wildman–Crippen MR) is 72.9 cm³/mol. The van der Waals surface area contributed by atoms with Crippen LogP contribution >= 0.6 is 0 Å². The van der Waals surface area contributed by atoms with E-state index < -0.39 is 11.6 Å². The molecule has 0 radical (unpaired) electrons. The Morgan fingerprint density at radius 1 is 1.26 bits per heavy atom. The zero-order valence-electron chi connectivity index (χ0n) is 11.6. The average molecular weight is 268 g/mol. The molecule has 4 heteroatoms. The summed E-state index contributed by atoms with van der Waals surface area (Å²) in [6.45, 7) is 8.07. The monoisotopic (exact) mass is 268 g/mol. The van der Waals surface area contributed by atoms with Gasteiger partial charge in [0.15, 0.2) is 11.6 Å². The molecule has 2 atom stereocenters. The van der Waals surface area contributed by atoms with E-state index in [9.17, 15) is 8.78 Å². The summed E-state index contributed by atoms with van der Waals surface area (Å²) in [6, 6.07) is 4.70. The van der Waals surface area contributed by atoms with Gasteiger partial charge in [-0.1, -0.05) is 13.0 Å². The Balaban J connectivity index is 2.01. The molecule has 1 saturated heterocycles. The lowest BCUT2D eigenvalue weighted by Gasteiger charge is -2.31. The molecule has 1 aromatic rings. The van der Waals surface area contributed by atoms with Crippen molar-refractivity contribution in [2.24, 2.45) is 5.92 Å². The lowest BCUT2D eigenvalue weighted by molar-refractivity contribution is 0.194. The Morgan fingerprint density at radius 2 is 2.05 bits per heavy atom. The molecule has 1 aromatic carbocycles. The van der Waals surface area contributed by atoms with Crippen molar-refractivity contribution in [3.63, 3.8) is 0 Å². The number of benzene rings is 1. The maximum absolute atomic E-state index is 13.2. The van der Waals surface area contributed by atoms with Crippen LogP contribution in [0.15, 0.2) is 18.2 Å². The van der Waals surface area contributed by atoms with Gasteiger partial charge in [0.25, 0.3) is 0 Å². The number of hydrogen-bond acceptors (Lipinski definition) is 2. The van der Waals surface area contributed by atoms with E-state index in [1.54, 1.807) is 6.07 Å². The molecule has 1 heterocycles. The highest BCUT2D eigenvalue weighted by Gasteiger charge is 2.17. The van der Waals surface area contributed by atoms with Gasteiger partial charge < -0.3 is 5.32 Å². The Morgan fingerprint density at radius 3 is 2.79 bits per heavy atom. The number of rotatable bonds is 2. The van der Waals surface area contributed by atoms with Crippen LogP contribution in [0.4, 0.5) is 8.78 Å². The molecular formula is C15H22F2N2. The molecule has 0 amide bonds. The van der Waals surface area contributed by atoms with Crippen LogP contribution in [0.3, 0.4) is 0 Å². The van der Waals surface area contributed by atoms with Crippen LogP contribution in [0.1, 0.15) is 25.8 Å². The maximum Gasteiger partial charge on any atom is 0.159 e. The normalized spacial score (nSPS) is 25.9. The molecule has 1 aliphatic heterocycles. The largest absolute Gasteiger partial charge is 0.314 e. The van der Waals surface area contributed by atoms with Crippen LogP contribution in [-0.4, -0.2) is 30.6 Å². The molecule has 0 spiro atoms. The van der Waals surface area contributed by atoms with Crippen molar-refractivity contribution in [2.45, 2.75) is 32.9 Å². The first-order valence-electron chi connectivity index (χ1n) is 6.94. The standard InChI is InChI=1S/C15H22F2N2/c1-11-8-18-12(2)5-6-19(9-11)10-13-3-4-14(16)15(17)7-13/h3-4,7,11-12,18H,5-6,8-10H2,1-2H3. The molecule has 19 heavy (non-hydrogen) atoms. The molecular weight excluding hydrogens is 246 g/mol. The second-order valence-corrected chi connectivity index (χ2v) is 5.69. The number of nitrogens with one attached hydrogen (secondary N) is 1. The van der Waals surface area contributed by atoms with E-state index in [4.69, 9.17) is 0 Å². The zero-order chi connectivity index (χ0) is 13.8. The third-order valence-electron chi connectivity index (χ3n) is 3.65. The lowest BCUT2D eigenvalue weighted by atomic mass is 10.1. The van der Waals surface area contributed by atoms with Gasteiger partial charge in [0, 0.05) is 19.1 Å². The van der Waals surface area contributed by atoms with Gasteiger partial charge in [-0.3, -0.25) is 4.90 Å². The fourth-order valence-electron chi connectivity index (χ4n) is 2.52. The first-order valence-corrected chi connectivity index (χ1v) is 6.94. The molecule has 0 saturated carbocycles. The van der Waals surface area contributed by atoms with Gasteiger partial charge in [-0.2, -0.15) is 0 Å². The van der Waals surface area contributed by atoms with E-state index in [1.165, 1.54) is 12.1 Å². The predicted octanol–water partition coefficient (Wildman–Crippen LogP) is 2.78. The Hall–Kier alpha value is -1.00. The van der Waals surface area contributed by atoms with Crippen LogP contribution < -0.4 is 5.32 Å². The Bertz CT molecular complexity index is 423. The number of hydrogen-bond donors (Lipinski definition) is 1. The van der Waals surface area contributed by atoms with E-state index in [-0.39, 0.29) is 0 Å². The summed E-state index contributed by atoms with van der Waals surface area (Å²) < 4.78 is 26.1. The first kappa shape index (κ1) is 14.4. The highest BCUT2D eigenvalue weighted by molar-refractivity contribution is 5.17. The summed E-state index contributed by atoms with van der Waals surface area (Å²) in [4.78, 5) is 2.33. The summed E-state index contributed by atoms with van der Waals surface area (Å²) in [7, 11) is 0. The molecule has 0 aliphatic carbocycles. The van der Waals surface area contributed by atoms with Crippen LogP contribution in [-0.2, 0) is 6.54 Å². The summed E-state index contributed by atoms with van der Waals surface area (Å²) in [5.41, 5.74) is 0.840. The lowest BCUT2D eigenvalue weighted by Crippen LogP contribution is -2.42. The maximum atomic E-state index is 13.2. The van der Waals surface area contributed by atoms with Crippen LogP contribution in [0.5, 0.6) is 0 Å². The van der Waals surface area contributed by atoms with E-state index >= 15 is 0 Å². The summed E-state index contributed by atoms with van der Waals surface area (Å²) in [5, 5.41) is 3.50. The molecule has 1 aliphatic rings. The van der Waals surface area contributed by atoms with Crippen molar-refractivity contribution in [1.82, 2.24) is 10.2 Å². The van der Waals surface area contributed by atoms with Crippen molar-refractivity contribution in [2.75, 3.05) is 19.6 Å². The van der Waals surface area contributed by atoms with Crippen molar-refractivity contribution < 1.29 is 8.78 Å². The molecule has 1 fully saturated rings. The van der Waals surface area contributed by atoms with Gasteiger partial charge in [0.1, 0.15) is 0 Å². The minimum absolute atomic E-state index is 0.509. The SMILES string of the molecule is CC1CNC(C)CCN(Cc2ccc(F)c(F)c2)C1. The quantitative estimate of drug-likeness (QED) is 0.887. The third kappa shape index (κ3) is 4.25. The van der Waals surface area contributed by atoms with Crippen molar-refractivity contribution in [3.05, 3.63) is 35.4 Å². The second-order valence-electron chi connectivity index (χ2n) is 5.69. The van der Waals surface area contributed by atoms with Gasteiger partial charge in [-0.15, -0.1) is 0 Å². The molecule has 106 valence electrons. The second kappa shape index (κ2) is 6.44. The van der Waals surface area contributed by atoms with Crippen LogP contribution in [0.2, 0.25) is 0 Å². The molecule has 1 N–H and O–H groups in total. The van der Waals surface area contributed by atoms with Crippen molar-refractivity contribution in [3.8, 4) is 0 Å². The summed E-state index contributed by atoms with van der Waals surface area (Å²) in [5.74, 6) is -0.969. The zero-order valence-corrected chi connectivity index (χ0v) is 11.6. The highest BCUT2D eigenvalue weighted by atomic mass is 19.2. The summed E-state index contributed by atoms with van der Waals surface area (Å²) in [6.07, 6.45) is 1.08. The smallest absolute Gasteiger partial charge is 0.159 e. The van der Waals surface area contributed by atoms with Gasteiger partial charge in [0.05, 0.1) is 0 Å². The first-order chi connectivity index (χ1) is 9.04. The fraction of sp³-hybridized carbons (Fsp3) is 0.600. The van der Waals surface area contributed by atoms with E-state index in [0.29, 0.717) is 18.5 Å². The van der Waals surface area contributed by atoms with Gasteiger partial charge in [0.2, 0.25) is 0 Å². The van der Waals surface area contributed by atoms with Crippen molar-refractivity contribution >= 4 is 0 Å². The topological polar surface area (TPSA) is 15.3 Å². The molecule has 2 unspecified atom stereocenters. The van der Waals surface area contributed by atoms with Gasteiger partial charge in [-0.05, 0) is 50.0 Å².